The SMILES string of the molecule is CC(C)C[C@]1(C#C[Si](C)(C)C)CCCC(=O)C1. The van der Waals surface area contributed by atoms with E-state index >= 15 is 0 Å². The fourth-order valence-corrected chi connectivity index (χ4v) is 3.25. The fraction of sp³-hybridized carbons (Fsp3) is 0.800. The van der Waals surface area contributed by atoms with Gasteiger partial charge < -0.3 is 0 Å². The minimum absolute atomic E-state index is 0.00375. The molecule has 0 spiro atoms. The van der Waals surface area contributed by atoms with Gasteiger partial charge in [-0.15, -0.1) is 11.5 Å². The summed E-state index contributed by atoms with van der Waals surface area (Å²) in [5.41, 5.74) is 3.50. The van der Waals surface area contributed by atoms with Gasteiger partial charge in [-0.3, -0.25) is 4.79 Å². The molecule has 0 bridgehead atoms. The molecule has 1 aliphatic rings. The minimum atomic E-state index is -1.33. The largest absolute Gasteiger partial charge is 0.300 e. The van der Waals surface area contributed by atoms with Gasteiger partial charge in [-0.1, -0.05) is 33.5 Å². The fourth-order valence-electron chi connectivity index (χ4n) is 2.61. The summed E-state index contributed by atoms with van der Waals surface area (Å²) in [4.78, 5) is 11.7. The summed E-state index contributed by atoms with van der Waals surface area (Å²) in [7, 11) is -1.33. The van der Waals surface area contributed by atoms with Crippen LogP contribution in [-0.2, 0) is 4.79 Å². The molecule has 0 aromatic carbocycles. The van der Waals surface area contributed by atoms with E-state index in [1.54, 1.807) is 0 Å². The summed E-state index contributed by atoms with van der Waals surface area (Å²) in [5, 5.41) is 0. The molecule has 0 heterocycles. The molecule has 1 atom stereocenters. The van der Waals surface area contributed by atoms with E-state index < -0.39 is 8.07 Å². The summed E-state index contributed by atoms with van der Waals surface area (Å²) in [6.45, 7) is 11.3. The van der Waals surface area contributed by atoms with E-state index in [2.05, 4.69) is 45.0 Å². The molecule has 1 nitrogen and oxygen atoms in total. The van der Waals surface area contributed by atoms with Crippen molar-refractivity contribution in [3.05, 3.63) is 0 Å². The van der Waals surface area contributed by atoms with E-state index in [0.717, 1.165) is 25.7 Å². The van der Waals surface area contributed by atoms with Gasteiger partial charge in [0.15, 0.2) is 0 Å². The Balaban J connectivity index is 2.92. The number of hydrogen-bond acceptors (Lipinski definition) is 1. The van der Waals surface area contributed by atoms with E-state index in [1.165, 1.54) is 0 Å². The van der Waals surface area contributed by atoms with Crippen LogP contribution in [0.15, 0.2) is 0 Å². The van der Waals surface area contributed by atoms with Crippen molar-refractivity contribution in [3.63, 3.8) is 0 Å². The number of carbonyl (C=O) groups is 1. The first-order valence-corrected chi connectivity index (χ1v) is 10.3. The van der Waals surface area contributed by atoms with Crippen molar-refractivity contribution < 1.29 is 4.79 Å². The van der Waals surface area contributed by atoms with Crippen molar-refractivity contribution in [2.24, 2.45) is 11.3 Å². The highest BCUT2D eigenvalue weighted by Gasteiger charge is 2.34. The smallest absolute Gasteiger partial charge is 0.134 e. The third-order valence-corrected chi connectivity index (χ3v) is 4.02. The van der Waals surface area contributed by atoms with Gasteiger partial charge in [0, 0.05) is 18.3 Å². The van der Waals surface area contributed by atoms with Crippen molar-refractivity contribution in [3.8, 4) is 11.5 Å². The predicted octanol–water partition coefficient (Wildman–Crippen LogP) is 4.04. The molecule has 17 heavy (non-hydrogen) atoms. The first-order chi connectivity index (χ1) is 7.72. The second kappa shape index (κ2) is 5.39. The van der Waals surface area contributed by atoms with Crippen molar-refractivity contribution in [2.45, 2.75) is 65.6 Å². The average molecular weight is 250 g/mol. The Kier molecular flexibility index (Phi) is 4.60. The Bertz CT molecular complexity index is 340. The van der Waals surface area contributed by atoms with Gasteiger partial charge in [0.05, 0.1) is 0 Å². The highest BCUT2D eigenvalue weighted by atomic mass is 28.3. The van der Waals surface area contributed by atoms with Crippen LogP contribution in [0.5, 0.6) is 0 Å². The summed E-state index contributed by atoms with van der Waals surface area (Å²) in [6.07, 6.45) is 4.70. The molecule has 0 aromatic heterocycles. The lowest BCUT2D eigenvalue weighted by Gasteiger charge is -2.33. The third kappa shape index (κ3) is 5.08. The molecule has 0 saturated heterocycles. The number of hydrogen-bond donors (Lipinski definition) is 0. The Labute approximate surface area is 107 Å². The van der Waals surface area contributed by atoms with Crippen molar-refractivity contribution in [1.29, 1.82) is 0 Å². The molecule has 1 rings (SSSR count). The number of carbonyl (C=O) groups excluding carboxylic acids is 1. The second-order valence-electron chi connectivity index (χ2n) is 6.95. The lowest BCUT2D eigenvalue weighted by atomic mass is 9.70. The Hall–Kier alpha value is -0.553. The number of ketones is 1. The molecule has 0 radical (unpaired) electrons. The molecule has 1 saturated carbocycles. The van der Waals surface area contributed by atoms with Crippen molar-refractivity contribution in [1.82, 2.24) is 0 Å². The van der Waals surface area contributed by atoms with Crippen LogP contribution in [0.4, 0.5) is 0 Å². The van der Waals surface area contributed by atoms with Crippen LogP contribution in [0, 0.1) is 22.8 Å². The number of Topliss-reactive ketones (excluding diaryl/α,β-unsaturated/α-hetero) is 1. The standard InChI is InChI=1S/C15H26OSi/c1-13(2)11-15(9-10-17(3,4)5)8-6-7-14(16)12-15/h13H,6-8,11-12H2,1-5H3/t15-/m1/s1. The van der Waals surface area contributed by atoms with Gasteiger partial charge in [-0.2, -0.15) is 0 Å². The minimum Gasteiger partial charge on any atom is -0.300 e. The molecule has 0 N–H and O–H groups in total. The summed E-state index contributed by atoms with van der Waals surface area (Å²) in [5.74, 6) is 4.57. The van der Waals surface area contributed by atoms with Crippen molar-refractivity contribution >= 4 is 13.9 Å². The van der Waals surface area contributed by atoms with E-state index in [-0.39, 0.29) is 5.41 Å². The highest BCUT2D eigenvalue weighted by Crippen LogP contribution is 2.39. The van der Waals surface area contributed by atoms with Gasteiger partial charge in [-0.05, 0) is 25.2 Å². The van der Waals surface area contributed by atoms with Gasteiger partial charge in [0.25, 0.3) is 0 Å². The average Bonchev–Trinajstić information content (AvgIpc) is 2.12. The lowest BCUT2D eigenvalue weighted by Crippen LogP contribution is -2.30. The van der Waals surface area contributed by atoms with E-state index in [9.17, 15) is 4.79 Å². The van der Waals surface area contributed by atoms with Crippen molar-refractivity contribution in [2.75, 3.05) is 0 Å². The Morgan fingerprint density at radius 2 is 2.00 bits per heavy atom. The molecule has 1 aliphatic carbocycles. The maximum Gasteiger partial charge on any atom is 0.134 e. The Morgan fingerprint density at radius 1 is 1.35 bits per heavy atom. The summed E-state index contributed by atoms with van der Waals surface area (Å²) >= 11 is 0. The molecule has 0 unspecified atom stereocenters. The highest BCUT2D eigenvalue weighted by molar-refractivity contribution is 6.83. The molecule has 2 heteroatoms. The van der Waals surface area contributed by atoms with E-state index in [1.807, 2.05) is 0 Å². The maximum atomic E-state index is 11.7. The monoisotopic (exact) mass is 250 g/mol. The molecule has 0 amide bonds. The van der Waals surface area contributed by atoms with Crippen LogP contribution in [0.1, 0.15) is 46.0 Å². The zero-order valence-electron chi connectivity index (χ0n) is 12.0. The molecule has 0 aromatic rings. The van der Waals surface area contributed by atoms with E-state index in [0.29, 0.717) is 18.1 Å². The van der Waals surface area contributed by atoms with Gasteiger partial charge in [-0.25, -0.2) is 0 Å². The maximum absolute atomic E-state index is 11.7. The molecular formula is C15H26OSi. The Morgan fingerprint density at radius 3 is 2.47 bits per heavy atom. The topological polar surface area (TPSA) is 17.1 Å². The quantitative estimate of drug-likeness (QED) is 0.534. The van der Waals surface area contributed by atoms with Crippen LogP contribution < -0.4 is 0 Å². The molecule has 1 fully saturated rings. The second-order valence-corrected chi connectivity index (χ2v) is 11.7. The molecular weight excluding hydrogens is 224 g/mol. The third-order valence-electron chi connectivity index (χ3n) is 3.15. The summed E-state index contributed by atoms with van der Waals surface area (Å²) < 4.78 is 0. The van der Waals surface area contributed by atoms with Gasteiger partial charge >= 0.3 is 0 Å². The van der Waals surface area contributed by atoms with Crippen LogP contribution in [0.25, 0.3) is 0 Å². The number of rotatable bonds is 2. The van der Waals surface area contributed by atoms with Gasteiger partial charge in [0.2, 0.25) is 0 Å². The predicted molar refractivity (Wildman–Crippen MR) is 76.5 cm³/mol. The normalized spacial score (nSPS) is 25.6. The molecule has 0 aliphatic heterocycles. The first kappa shape index (κ1) is 14.5. The van der Waals surface area contributed by atoms with Crippen LogP contribution in [-0.4, -0.2) is 13.9 Å². The van der Waals surface area contributed by atoms with Gasteiger partial charge in [0.1, 0.15) is 13.9 Å². The summed E-state index contributed by atoms with van der Waals surface area (Å²) in [6, 6.07) is 0. The van der Waals surface area contributed by atoms with Crippen LogP contribution in [0.2, 0.25) is 19.6 Å². The first-order valence-electron chi connectivity index (χ1n) is 6.78. The zero-order chi connectivity index (χ0) is 13.1. The lowest BCUT2D eigenvalue weighted by molar-refractivity contribution is -0.122. The van der Waals surface area contributed by atoms with E-state index in [4.69, 9.17) is 0 Å². The zero-order valence-corrected chi connectivity index (χ0v) is 13.0. The molecule has 96 valence electrons. The van der Waals surface area contributed by atoms with Crippen LogP contribution >= 0.6 is 0 Å². The van der Waals surface area contributed by atoms with Crippen LogP contribution in [0.3, 0.4) is 0 Å².